The largest absolute Gasteiger partial charge is 0.366 e. The lowest BCUT2D eigenvalue weighted by Crippen LogP contribution is -2.39. The summed E-state index contributed by atoms with van der Waals surface area (Å²) >= 11 is 0. The Morgan fingerprint density at radius 3 is 2.28 bits per heavy atom. The van der Waals surface area contributed by atoms with Crippen LogP contribution in [0.3, 0.4) is 0 Å². The first-order valence-corrected chi connectivity index (χ1v) is 7.93. The van der Waals surface area contributed by atoms with E-state index in [1.54, 1.807) is 30.3 Å². The van der Waals surface area contributed by atoms with Gasteiger partial charge in [-0.25, -0.2) is 4.39 Å². The molecule has 0 heterocycles. The third-order valence-electron chi connectivity index (χ3n) is 3.73. The van der Waals surface area contributed by atoms with E-state index in [1.807, 2.05) is 25.9 Å². The van der Waals surface area contributed by atoms with Crippen LogP contribution in [0.25, 0.3) is 11.1 Å². The van der Waals surface area contributed by atoms with E-state index < -0.39 is 11.7 Å². The Kier molecular flexibility index (Phi) is 5.88. The highest BCUT2D eigenvalue weighted by Crippen LogP contribution is 2.22. The third kappa shape index (κ3) is 4.87. The van der Waals surface area contributed by atoms with Crippen molar-refractivity contribution in [2.75, 3.05) is 20.6 Å². The molecule has 2 aromatic carbocycles. The van der Waals surface area contributed by atoms with E-state index in [2.05, 4.69) is 5.32 Å². The van der Waals surface area contributed by atoms with Gasteiger partial charge in [-0.1, -0.05) is 18.2 Å². The Hall–Kier alpha value is -2.73. The van der Waals surface area contributed by atoms with Crippen LogP contribution >= 0.6 is 0 Å². The molecule has 0 aliphatic heterocycles. The number of likely N-dealkylation sites (N-methyl/N-ethyl adjacent to an activating group) is 1. The molecule has 0 radical (unpaired) electrons. The molecular formula is C19H22FN3O2. The van der Waals surface area contributed by atoms with Crippen LogP contribution in [0.5, 0.6) is 0 Å². The van der Waals surface area contributed by atoms with Crippen molar-refractivity contribution in [2.24, 2.45) is 5.73 Å². The lowest BCUT2D eigenvalue weighted by Gasteiger charge is -2.18. The van der Waals surface area contributed by atoms with Crippen LogP contribution in [-0.4, -0.2) is 43.4 Å². The Balaban J connectivity index is 2.16. The molecule has 0 fully saturated rings. The lowest BCUT2D eigenvalue weighted by atomic mass is 10.0. The van der Waals surface area contributed by atoms with Crippen LogP contribution in [0, 0.1) is 5.82 Å². The van der Waals surface area contributed by atoms with E-state index >= 15 is 0 Å². The van der Waals surface area contributed by atoms with Gasteiger partial charge in [-0.2, -0.15) is 0 Å². The standard InChI is InChI=1S/C19H22FN3O2/c1-12(11-23(2)3)22-19(25)14-6-4-13(5-7-14)15-8-9-17(20)16(10-15)18(21)24/h4-10,12H,11H2,1-3H3,(H2,21,24)(H,22,25)/t12-/m1/s1. The van der Waals surface area contributed by atoms with Gasteiger partial charge in [0.1, 0.15) is 5.82 Å². The van der Waals surface area contributed by atoms with Crippen molar-refractivity contribution in [3.8, 4) is 11.1 Å². The minimum atomic E-state index is -0.815. The van der Waals surface area contributed by atoms with Gasteiger partial charge in [-0.15, -0.1) is 0 Å². The number of halogens is 1. The van der Waals surface area contributed by atoms with Crippen LogP contribution in [0.15, 0.2) is 42.5 Å². The van der Waals surface area contributed by atoms with E-state index in [0.717, 1.165) is 12.1 Å². The van der Waals surface area contributed by atoms with Gasteiger partial charge in [-0.05, 0) is 56.4 Å². The number of carbonyl (C=O) groups excluding carboxylic acids is 2. The Morgan fingerprint density at radius 1 is 1.12 bits per heavy atom. The molecular weight excluding hydrogens is 321 g/mol. The molecule has 5 nitrogen and oxygen atoms in total. The molecule has 2 rings (SSSR count). The molecule has 132 valence electrons. The van der Waals surface area contributed by atoms with Crippen molar-refractivity contribution < 1.29 is 14.0 Å². The minimum absolute atomic E-state index is 0.0254. The van der Waals surface area contributed by atoms with Crippen LogP contribution in [0.2, 0.25) is 0 Å². The molecule has 0 aliphatic rings. The summed E-state index contributed by atoms with van der Waals surface area (Å²) in [5.74, 6) is -1.62. The molecule has 25 heavy (non-hydrogen) atoms. The van der Waals surface area contributed by atoms with Crippen LogP contribution in [0.1, 0.15) is 27.6 Å². The van der Waals surface area contributed by atoms with Crippen LogP contribution in [0.4, 0.5) is 4.39 Å². The summed E-state index contributed by atoms with van der Waals surface area (Å²) in [4.78, 5) is 25.5. The van der Waals surface area contributed by atoms with Crippen LogP contribution in [-0.2, 0) is 0 Å². The van der Waals surface area contributed by atoms with E-state index in [9.17, 15) is 14.0 Å². The lowest BCUT2D eigenvalue weighted by molar-refractivity contribution is 0.0933. The van der Waals surface area contributed by atoms with E-state index in [4.69, 9.17) is 5.73 Å². The minimum Gasteiger partial charge on any atom is -0.366 e. The average Bonchev–Trinajstić information content (AvgIpc) is 2.54. The predicted octanol–water partition coefficient (Wildman–Crippen LogP) is 2.27. The summed E-state index contributed by atoms with van der Waals surface area (Å²) in [6.07, 6.45) is 0. The van der Waals surface area contributed by atoms with E-state index in [-0.39, 0.29) is 17.5 Å². The maximum atomic E-state index is 13.6. The van der Waals surface area contributed by atoms with Gasteiger partial charge < -0.3 is 16.0 Å². The molecule has 0 bridgehead atoms. The highest BCUT2D eigenvalue weighted by molar-refractivity contribution is 5.96. The molecule has 2 aromatic rings. The van der Waals surface area contributed by atoms with Gasteiger partial charge in [-0.3, -0.25) is 9.59 Å². The molecule has 0 unspecified atom stereocenters. The number of carbonyl (C=O) groups is 2. The average molecular weight is 343 g/mol. The van der Waals surface area contributed by atoms with Gasteiger partial charge in [0.2, 0.25) is 0 Å². The second-order valence-electron chi connectivity index (χ2n) is 6.27. The number of hydrogen-bond donors (Lipinski definition) is 2. The number of nitrogens with one attached hydrogen (secondary N) is 1. The summed E-state index contributed by atoms with van der Waals surface area (Å²) in [6.45, 7) is 2.69. The predicted molar refractivity (Wildman–Crippen MR) is 95.8 cm³/mol. The second kappa shape index (κ2) is 7.90. The zero-order chi connectivity index (χ0) is 18.6. The SMILES string of the molecule is C[C@H](CN(C)C)NC(=O)c1ccc(-c2ccc(F)c(C(N)=O)c2)cc1. The van der Waals surface area contributed by atoms with Crippen molar-refractivity contribution >= 4 is 11.8 Å². The Bertz CT molecular complexity index is 773. The molecule has 0 aliphatic carbocycles. The molecule has 0 saturated carbocycles. The maximum absolute atomic E-state index is 13.6. The molecule has 3 N–H and O–H groups in total. The molecule has 1 atom stereocenters. The number of primary amides is 1. The third-order valence-corrected chi connectivity index (χ3v) is 3.73. The van der Waals surface area contributed by atoms with E-state index in [0.29, 0.717) is 11.1 Å². The second-order valence-corrected chi connectivity index (χ2v) is 6.27. The van der Waals surface area contributed by atoms with Crippen molar-refractivity contribution in [2.45, 2.75) is 13.0 Å². The van der Waals surface area contributed by atoms with Gasteiger partial charge >= 0.3 is 0 Å². The first-order chi connectivity index (χ1) is 11.8. The van der Waals surface area contributed by atoms with Crippen LogP contribution < -0.4 is 11.1 Å². The molecule has 0 saturated heterocycles. The highest BCUT2D eigenvalue weighted by atomic mass is 19.1. The summed E-state index contributed by atoms with van der Waals surface area (Å²) in [6, 6.07) is 11.1. The van der Waals surface area contributed by atoms with Crippen molar-refractivity contribution in [1.82, 2.24) is 10.2 Å². The fourth-order valence-corrected chi connectivity index (χ4v) is 2.61. The number of amides is 2. The number of benzene rings is 2. The first-order valence-electron chi connectivity index (χ1n) is 7.93. The van der Waals surface area contributed by atoms with Crippen molar-refractivity contribution in [3.63, 3.8) is 0 Å². The summed E-state index contributed by atoms with van der Waals surface area (Å²) in [5.41, 5.74) is 6.97. The Labute approximate surface area is 146 Å². The normalized spacial score (nSPS) is 12.0. The van der Waals surface area contributed by atoms with Gasteiger partial charge in [0.15, 0.2) is 0 Å². The van der Waals surface area contributed by atoms with Gasteiger partial charge in [0, 0.05) is 18.2 Å². The fraction of sp³-hybridized carbons (Fsp3) is 0.263. The molecule has 2 amide bonds. The summed E-state index contributed by atoms with van der Waals surface area (Å²) in [5, 5.41) is 2.93. The first kappa shape index (κ1) is 18.6. The monoisotopic (exact) mass is 343 g/mol. The summed E-state index contributed by atoms with van der Waals surface area (Å²) in [7, 11) is 3.89. The molecule has 0 spiro atoms. The Morgan fingerprint density at radius 2 is 1.72 bits per heavy atom. The van der Waals surface area contributed by atoms with Gasteiger partial charge in [0.25, 0.3) is 11.8 Å². The number of hydrogen-bond acceptors (Lipinski definition) is 3. The smallest absolute Gasteiger partial charge is 0.251 e. The maximum Gasteiger partial charge on any atom is 0.251 e. The number of nitrogens with two attached hydrogens (primary N) is 1. The topological polar surface area (TPSA) is 75.4 Å². The molecule has 0 aromatic heterocycles. The molecule has 6 heteroatoms. The summed E-state index contributed by atoms with van der Waals surface area (Å²) < 4.78 is 13.6. The fourth-order valence-electron chi connectivity index (χ4n) is 2.61. The van der Waals surface area contributed by atoms with Crippen molar-refractivity contribution in [3.05, 3.63) is 59.4 Å². The number of nitrogens with zero attached hydrogens (tertiary/aromatic N) is 1. The van der Waals surface area contributed by atoms with E-state index in [1.165, 1.54) is 12.1 Å². The van der Waals surface area contributed by atoms with Crippen molar-refractivity contribution in [1.29, 1.82) is 0 Å². The highest BCUT2D eigenvalue weighted by Gasteiger charge is 2.12. The quantitative estimate of drug-likeness (QED) is 0.845. The zero-order valence-electron chi connectivity index (χ0n) is 14.5. The van der Waals surface area contributed by atoms with Gasteiger partial charge in [0.05, 0.1) is 5.56 Å². The zero-order valence-corrected chi connectivity index (χ0v) is 14.5. The number of rotatable bonds is 6.